The average Bonchev–Trinajstić information content (AvgIpc) is 2.77. The largest absolute Gasteiger partial charge is 0.466 e. The number of hydrogen-bond donors (Lipinski definition) is 1. The minimum atomic E-state index is -0.554. The van der Waals surface area contributed by atoms with Crippen LogP contribution < -0.4 is 10.1 Å². The molecule has 158 valence electrons. The Bertz CT molecular complexity index is 1120. The summed E-state index contributed by atoms with van der Waals surface area (Å²) in [6, 6.07) is 13.6. The van der Waals surface area contributed by atoms with Crippen LogP contribution in [-0.2, 0) is 16.1 Å². The van der Waals surface area contributed by atoms with E-state index in [1.807, 2.05) is 0 Å². The zero-order chi connectivity index (χ0) is 22.2. The van der Waals surface area contributed by atoms with Crippen molar-refractivity contribution >= 4 is 23.4 Å². The number of methoxy groups -OCH3 is 1. The number of aromatic nitrogens is 1. The molecule has 0 amide bonds. The quantitative estimate of drug-likeness (QED) is 0.242. The van der Waals surface area contributed by atoms with Gasteiger partial charge in [-0.25, -0.2) is 14.2 Å². The second kappa shape index (κ2) is 9.97. The van der Waals surface area contributed by atoms with E-state index in [4.69, 9.17) is 4.74 Å². The van der Waals surface area contributed by atoms with Crippen LogP contribution in [0.4, 0.5) is 15.8 Å². The van der Waals surface area contributed by atoms with Crippen molar-refractivity contribution in [2.45, 2.75) is 6.54 Å². The molecule has 0 aliphatic carbocycles. The first-order valence-electron chi connectivity index (χ1n) is 9.11. The number of nitro benzene ring substituents is 1. The predicted octanol–water partition coefficient (Wildman–Crippen LogP) is 4.72. The lowest BCUT2D eigenvalue weighted by Gasteiger charge is -2.09. The molecule has 1 heterocycles. The monoisotopic (exact) mass is 423 g/mol. The number of esters is 1. The van der Waals surface area contributed by atoms with Crippen molar-refractivity contribution in [2.24, 2.45) is 0 Å². The van der Waals surface area contributed by atoms with Crippen molar-refractivity contribution < 1.29 is 23.6 Å². The number of nitrogens with one attached hydrogen (secondary N) is 1. The summed E-state index contributed by atoms with van der Waals surface area (Å²) in [4.78, 5) is 26.3. The minimum Gasteiger partial charge on any atom is -0.466 e. The molecule has 31 heavy (non-hydrogen) atoms. The number of halogens is 1. The van der Waals surface area contributed by atoms with Gasteiger partial charge in [0.2, 0.25) is 5.88 Å². The Kier molecular flexibility index (Phi) is 6.89. The molecule has 0 spiro atoms. The molecule has 3 aromatic rings. The first-order chi connectivity index (χ1) is 14.9. The Balaban J connectivity index is 1.66. The summed E-state index contributed by atoms with van der Waals surface area (Å²) in [5, 5.41) is 14.4. The molecule has 0 atom stereocenters. The summed E-state index contributed by atoms with van der Waals surface area (Å²) in [5.74, 6) is -0.341. The van der Waals surface area contributed by atoms with Crippen molar-refractivity contribution in [1.82, 2.24) is 4.98 Å². The maximum absolute atomic E-state index is 13.2. The van der Waals surface area contributed by atoms with Gasteiger partial charge in [0.1, 0.15) is 17.3 Å². The number of rotatable bonds is 8. The van der Waals surface area contributed by atoms with Gasteiger partial charge in [0.25, 0.3) is 5.69 Å². The Hall–Kier alpha value is -4.27. The Morgan fingerprint density at radius 1 is 1.23 bits per heavy atom. The van der Waals surface area contributed by atoms with Crippen LogP contribution in [0.2, 0.25) is 0 Å². The van der Waals surface area contributed by atoms with Gasteiger partial charge in [0.15, 0.2) is 0 Å². The molecule has 3 rings (SSSR count). The zero-order valence-electron chi connectivity index (χ0n) is 16.4. The minimum absolute atomic E-state index is 0.133. The van der Waals surface area contributed by atoms with E-state index in [2.05, 4.69) is 15.0 Å². The Labute approximate surface area is 177 Å². The highest BCUT2D eigenvalue weighted by Gasteiger charge is 2.14. The van der Waals surface area contributed by atoms with Crippen LogP contribution >= 0.6 is 0 Å². The molecule has 0 aliphatic rings. The molecule has 8 nitrogen and oxygen atoms in total. The summed E-state index contributed by atoms with van der Waals surface area (Å²) in [6.07, 6.45) is 4.18. The highest BCUT2D eigenvalue weighted by molar-refractivity contribution is 5.87. The van der Waals surface area contributed by atoms with E-state index in [1.165, 1.54) is 43.5 Å². The van der Waals surface area contributed by atoms with Gasteiger partial charge in [0, 0.05) is 37.0 Å². The first kappa shape index (κ1) is 21.4. The van der Waals surface area contributed by atoms with Crippen LogP contribution in [0.3, 0.4) is 0 Å². The van der Waals surface area contributed by atoms with Crippen LogP contribution in [0.15, 0.2) is 66.9 Å². The number of anilines is 1. The number of nitro groups is 1. The fourth-order valence-corrected chi connectivity index (χ4v) is 2.61. The molecule has 0 aliphatic heterocycles. The van der Waals surface area contributed by atoms with Gasteiger partial charge in [-0.05, 0) is 35.4 Å². The van der Waals surface area contributed by atoms with Gasteiger partial charge < -0.3 is 14.8 Å². The summed E-state index contributed by atoms with van der Waals surface area (Å²) in [6.45, 7) is 0.283. The standard InChI is InChI=1S/C22H18FN3O5/c1-30-22(27)10-7-15-5-8-19(20(11-15)26(28)29)24-13-16-6-9-21(25-14-16)31-18-4-2-3-17(23)12-18/h2-12,14,24H,13H2,1H3/b10-7+. The molecule has 0 saturated carbocycles. The van der Waals surface area contributed by atoms with Gasteiger partial charge >= 0.3 is 5.97 Å². The number of ether oxygens (including phenoxy) is 2. The van der Waals surface area contributed by atoms with E-state index in [-0.39, 0.29) is 12.2 Å². The second-order valence-corrected chi connectivity index (χ2v) is 6.31. The Morgan fingerprint density at radius 3 is 2.74 bits per heavy atom. The summed E-state index contributed by atoms with van der Waals surface area (Å²) in [7, 11) is 1.25. The van der Waals surface area contributed by atoms with Crippen LogP contribution in [0.5, 0.6) is 11.6 Å². The summed E-state index contributed by atoms with van der Waals surface area (Å²) >= 11 is 0. The molecule has 0 bridgehead atoms. The number of carbonyl (C=O) groups excluding carboxylic acids is 1. The van der Waals surface area contributed by atoms with Gasteiger partial charge in [-0.15, -0.1) is 0 Å². The lowest BCUT2D eigenvalue weighted by atomic mass is 10.1. The van der Waals surface area contributed by atoms with Gasteiger partial charge in [-0.1, -0.05) is 18.2 Å². The topological polar surface area (TPSA) is 104 Å². The summed E-state index contributed by atoms with van der Waals surface area (Å²) in [5.41, 5.74) is 1.44. The Morgan fingerprint density at radius 2 is 2.06 bits per heavy atom. The third-order valence-corrected chi connectivity index (χ3v) is 4.13. The van der Waals surface area contributed by atoms with Crippen molar-refractivity contribution in [3.63, 3.8) is 0 Å². The molecular weight excluding hydrogens is 405 g/mol. The highest BCUT2D eigenvalue weighted by atomic mass is 19.1. The maximum Gasteiger partial charge on any atom is 0.330 e. The van der Waals surface area contributed by atoms with Crippen molar-refractivity contribution in [2.75, 3.05) is 12.4 Å². The van der Waals surface area contributed by atoms with Crippen LogP contribution in [0.1, 0.15) is 11.1 Å². The van der Waals surface area contributed by atoms with E-state index in [0.717, 1.165) is 5.56 Å². The van der Waals surface area contributed by atoms with Gasteiger partial charge in [0.05, 0.1) is 12.0 Å². The molecule has 0 radical (unpaired) electrons. The number of benzene rings is 2. The first-order valence-corrected chi connectivity index (χ1v) is 9.11. The molecule has 9 heteroatoms. The van der Waals surface area contributed by atoms with Crippen LogP contribution in [0, 0.1) is 15.9 Å². The van der Waals surface area contributed by atoms with E-state index in [0.29, 0.717) is 22.9 Å². The molecule has 1 aromatic heterocycles. The normalized spacial score (nSPS) is 10.6. The molecule has 1 N–H and O–H groups in total. The van der Waals surface area contributed by atoms with Crippen LogP contribution in [-0.4, -0.2) is 23.0 Å². The fourth-order valence-electron chi connectivity index (χ4n) is 2.61. The summed E-state index contributed by atoms with van der Waals surface area (Å²) < 4.78 is 23.2. The van der Waals surface area contributed by atoms with Crippen molar-refractivity contribution in [1.29, 1.82) is 0 Å². The number of carbonyl (C=O) groups is 1. The highest BCUT2D eigenvalue weighted by Crippen LogP contribution is 2.27. The molecule has 0 saturated heterocycles. The van der Waals surface area contributed by atoms with Crippen molar-refractivity contribution in [3.05, 3.63) is 93.9 Å². The van der Waals surface area contributed by atoms with Gasteiger partial charge in [-0.3, -0.25) is 10.1 Å². The maximum atomic E-state index is 13.2. The van der Waals surface area contributed by atoms with E-state index in [9.17, 15) is 19.3 Å². The molecule has 0 fully saturated rings. The number of pyridine rings is 1. The predicted molar refractivity (Wildman–Crippen MR) is 112 cm³/mol. The van der Waals surface area contributed by atoms with Crippen LogP contribution in [0.25, 0.3) is 6.08 Å². The average molecular weight is 423 g/mol. The van der Waals surface area contributed by atoms with E-state index < -0.39 is 16.7 Å². The fraction of sp³-hybridized carbons (Fsp3) is 0.0909. The number of hydrogen-bond acceptors (Lipinski definition) is 7. The van der Waals surface area contributed by atoms with E-state index in [1.54, 1.807) is 36.5 Å². The SMILES string of the molecule is COC(=O)/C=C/c1ccc(NCc2ccc(Oc3cccc(F)c3)nc2)c([N+](=O)[O-])c1. The third kappa shape index (κ3) is 6.10. The second-order valence-electron chi connectivity index (χ2n) is 6.31. The van der Waals surface area contributed by atoms with E-state index >= 15 is 0 Å². The van der Waals surface area contributed by atoms with Crippen molar-refractivity contribution in [3.8, 4) is 11.6 Å². The smallest absolute Gasteiger partial charge is 0.330 e. The molecule has 0 unspecified atom stereocenters. The number of nitrogens with zero attached hydrogens (tertiary/aromatic N) is 2. The lowest BCUT2D eigenvalue weighted by molar-refractivity contribution is -0.384. The zero-order valence-corrected chi connectivity index (χ0v) is 16.4. The van der Waals surface area contributed by atoms with Gasteiger partial charge in [-0.2, -0.15) is 0 Å². The molecule has 2 aromatic carbocycles. The molecular formula is C22H18FN3O5. The lowest BCUT2D eigenvalue weighted by Crippen LogP contribution is -2.03. The third-order valence-electron chi connectivity index (χ3n) is 4.13.